The van der Waals surface area contributed by atoms with Crippen molar-refractivity contribution in [2.75, 3.05) is 19.7 Å². The summed E-state index contributed by atoms with van der Waals surface area (Å²) in [6.45, 7) is 4.33. The molecule has 3 aromatic carbocycles. The Kier molecular flexibility index (Phi) is 8.21. The molecule has 4 rings (SSSR count). The topological polar surface area (TPSA) is 75.7 Å². The Balaban J connectivity index is 1.40. The second-order valence-corrected chi connectivity index (χ2v) is 10.7. The number of rotatable bonds is 9. The van der Waals surface area contributed by atoms with Gasteiger partial charge in [-0.05, 0) is 72.4 Å². The number of carbonyl (C=O) groups is 1. The average Bonchev–Trinajstić information content (AvgIpc) is 2.91. The Morgan fingerprint density at radius 3 is 2.31 bits per heavy atom. The van der Waals surface area contributed by atoms with Gasteiger partial charge in [-0.15, -0.1) is 0 Å². The van der Waals surface area contributed by atoms with E-state index < -0.39 is 10.0 Å². The van der Waals surface area contributed by atoms with Crippen molar-refractivity contribution in [3.63, 3.8) is 0 Å². The molecule has 0 radical (unpaired) electrons. The van der Waals surface area contributed by atoms with Crippen molar-refractivity contribution in [3.05, 3.63) is 83.9 Å². The highest BCUT2D eigenvalue weighted by atomic mass is 32.2. The van der Waals surface area contributed by atoms with Crippen LogP contribution in [-0.4, -0.2) is 38.3 Å². The molecular formula is C28H32N2O4S. The third-order valence-corrected chi connectivity index (χ3v) is 8.03. The lowest BCUT2D eigenvalue weighted by Gasteiger charge is -2.25. The van der Waals surface area contributed by atoms with Crippen LogP contribution >= 0.6 is 0 Å². The van der Waals surface area contributed by atoms with Gasteiger partial charge in [0, 0.05) is 25.2 Å². The number of hydrogen-bond acceptors (Lipinski definition) is 4. The number of sulfonamides is 1. The van der Waals surface area contributed by atoms with E-state index in [1.807, 2.05) is 42.5 Å². The van der Waals surface area contributed by atoms with Gasteiger partial charge in [-0.2, -0.15) is 4.31 Å². The third-order valence-electron chi connectivity index (χ3n) is 6.11. The normalized spacial score (nSPS) is 14.4. The van der Waals surface area contributed by atoms with Gasteiger partial charge in [0.2, 0.25) is 10.0 Å². The minimum absolute atomic E-state index is 0.164. The Bertz CT molecular complexity index is 1230. The molecule has 0 bridgehead atoms. The number of hydrogen-bond donors (Lipinski definition) is 1. The highest BCUT2D eigenvalue weighted by Crippen LogP contribution is 2.25. The van der Waals surface area contributed by atoms with E-state index in [-0.39, 0.29) is 5.91 Å². The number of ether oxygens (including phenoxy) is 1. The molecule has 0 aromatic heterocycles. The summed E-state index contributed by atoms with van der Waals surface area (Å²) in [7, 11) is -3.46. The molecule has 0 saturated carbocycles. The quantitative estimate of drug-likeness (QED) is 0.443. The number of nitrogens with zero attached hydrogens (tertiary/aromatic N) is 1. The number of amides is 1. The van der Waals surface area contributed by atoms with E-state index in [1.54, 1.807) is 34.6 Å². The number of benzene rings is 3. The van der Waals surface area contributed by atoms with Gasteiger partial charge in [0.05, 0.1) is 11.5 Å². The summed E-state index contributed by atoms with van der Waals surface area (Å²) < 4.78 is 33.0. The molecule has 184 valence electrons. The van der Waals surface area contributed by atoms with Crippen molar-refractivity contribution < 1.29 is 17.9 Å². The molecule has 1 saturated heterocycles. The van der Waals surface area contributed by atoms with Crippen LogP contribution in [0.15, 0.2) is 77.7 Å². The van der Waals surface area contributed by atoms with Gasteiger partial charge in [0.1, 0.15) is 5.75 Å². The SMILES string of the molecule is CCCOc1ccc(CNC(=O)c2cccc(-c3ccc(S(=O)(=O)N4CCCCC4)cc3)c2)cc1. The second kappa shape index (κ2) is 11.5. The molecule has 3 aromatic rings. The summed E-state index contributed by atoms with van der Waals surface area (Å²) in [5.41, 5.74) is 3.26. The van der Waals surface area contributed by atoms with Gasteiger partial charge in [0.15, 0.2) is 0 Å². The van der Waals surface area contributed by atoms with Gasteiger partial charge in [-0.1, -0.05) is 49.7 Å². The first-order valence-corrected chi connectivity index (χ1v) is 13.6. The Hall–Kier alpha value is -3.16. The standard InChI is InChI=1S/C28H32N2O4S/c1-2-19-34-26-13-9-22(10-14-26)21-29-28(31)25-8-6-7-24(20-25)23-11-15-27(16-12-23)35(32,33)30-17-4-3-5-18-30/h6-16,20H,2-5,17-19,21H2,1H3,(H,29,31). The molecular weight excluding hydrogens is 460 g/mol. The monoisotopic (exact) mass is 492 g/mol. The fraction of sp³-hybridized carbons (Fsp3) is 0.321. The van der Waals surface area contributed by atoms with Crippen LogP contribution in [-0.2, 0) is 16.6 Å². The first-order valence-electron chi connectivity index (χ1n) is 12.2. The summed E-state index contributed by atoms with van der Waals surface area (Å²) in [6, 6.07) is 22.0. The summed E-state index contributed by atoms with van der Waals surface area (Å²) >= 11 is 0. The van der Waals surface area contributed by atoms with Crippen LogP contribution in [0.2, 0.25) is 0 Å². The fourth-order valence-electron chi connectivity index (χ4n) is 4.12. The third kappa shape index (κ3) is 6.29. The van der Waals surface area contributed by atoms with E-state index in [9.17, 15) is 13.2 Å². The van der Waals surface area contributed by atoms with Crippen LogP contribution in [0, 0.1) is 0 Å². The number of carbonyl (C=O) groups excluding carboxylic acids is 1. The van der Waals surface area contributed by atoms with Crippen molar-refractivity contribution in [1.82, 2.24) is 9.62 Å². The van der Waals surface area contributed by atoms with Crippen LogP contribution < -0.4 is 10.1 Å². The van der Waals surface area contributed by atoms with Gasteiger partial charge in [-0.3, -0.25) is 4.79 Å². The predicted octanol–water partition coefficient (Wildman–Crippen LogP) is 5.25. The Morgan fingerprint density at radius 2 is 1.63 bits per heavy atom. The highest BCUT2D eigenvalue weighted by molar-refractivity contribution is 7.89. The number of nitrogens with one attached hydrogen (secondary N) is 1. The molecule has 0 aliphatic carbocycles. The van der Waals surface area contributed by atoms with E-state index in [4.69, 9.17) is 4.74 Å². The highest BCUT2D eigenvalue weighted by Gasteiger charge is 2.25. The van der Waals surface area contributed by atoms with Gasteiger partial charge >= 0.3 is 0 Å². The fourth-order valence-corrected chi connectivity index (χ4v) is 5.64. The van der Waals surface area contributed by atoms with Crippen LogP contribution in [0.1, 0.15) is 48.5 Å². The van der Waals surface area contributed by atoms with Crippen molar-refractivity contribution in [3.8, 4) is 16.9 Å². The van der Waals surface area contributed by atoms with E-state index in [0.29, 0.717) is 36.7 Å². The smallest absolute Gasteiger partial charge is 0.251 e. The van der Waals surface area contributed by atoms with E-state index in [0.717, 1.165) is 48.1 Å². The summed E-state index contributed by atoms with van der Waals surface area (Å²) in [5.74, 6) is 0.659. The average molecular weight is 493 g/mol. The van der Waals surface area contributed by atoms with E-state index in [1.165, 1.54) is 0 Å². The zero-order chi connectivity index (χ0) is 24.7. The molecule has 0 unspecified atom stereocenters. The molecule has 0 atom stereocenters. The first-order chi connectivity index (χ1) is 17.0. The lowest BCUT2D eigenvalue weighted by molar-refractivity contribution is 0.0951. The van der Waals surface area contributed by atoms with Crippen LogP contribution in [0.5, 0.6) is 5.75 Å². The molecule has 1 fully saturated rings. The van der Waals surface area contributed by atoms with Crippen molar-refractivity contribution in [2.45, 2.75) is 44.0 Å². The lowest BCUT2D eigenvalue weighted by Crippen LogP contribution is -2.35. The van der Waals surface area contributed by atoms with Crippen LogP contribution in [0.3, 0.4) is 0 Å². The second-order valence-electron chi connectivity index (χ2n) is 8.75. The Morgan fingerprint density at radius 1 is 0.914 bits per heavy atom. The van der Waals surface area contributed by atoms with Crippen LogP contribution in [0.25, 0.3) is 11.1 Å². The van der Waals surface area contributed by atoms with Crippen molar-refractivity contribution in [2.24, 2.45) is 0 Å². The van der Waals surface area contributed by atoms with E-state index in [2.05, 4.69) is 12.2 Å². The summed E-state index contributed by atoms with van der Waals surface area (Å²) in [6.07, 6.45) is 3.85. The van der Waals surface area contributed by atoms with E-state index >= 15 is 0 Å². The minimum Gasteiger partial charge on any atom is -0.494 e. The lowest BCUT2D eigenvalue weighted by atomic mass is 10.0. The van der Waals surface area contributed by atoms with Crippen molar-refractivity contribution >= 4 is 15.9 Å². The minimum atomic E-state index is -3.46. The predicted molar refractivity (Wildman–Crippen MR) is 138 cm³/mol. The summed E-state index contributed by atoms with van der Waals surface area (Å²) in [5, 5.41) is 2.96. The maximum Gasteiger partial charge on any atom is 0.251 e. The molecule has 6 nitrogen and oxygen atoms in total. The van der Waals surface area contributed by atoms with Gasteiger partial charge in [-0.25, -0.2) is 8.42 Å². The largest absolute Gasteiger partial charge is 0.494 e. The molecule has 1 aliphatic rings. The number of piperidine rings is 1. The molecule has 1 N–H and O–H groups in total. The van der Waals surface area contributed by atoms with Gasteiger partial charge < -0.3 is 10.1 Å². The summed E-state index contributed by atoms with van der Waals surface area (Å²) in [4.78, 5) is 13.1. The molecule has 35 heavy (non-hydrogen) atoms. The van der Waals surface area contributed by atoms with Crippen molar-refractivity contribution in [1.29, 1.82) is 0 Å². The molecule has 1 amide bonds. The molecule has 1 heterocycles. The Labute approximate surface area is 208 Å². The maximum atomic E-state index is 12.9. The van der Waals surface area contributed by atoms with Crippen LogP contribution in [0.4, 0.5) is 0 Å². The molecule has 7 heteroatoms. The van der Waals surface area contributed by atoms with Gasteiger partial charge in [0.25, 0.3) is 5.91 Å². The molecule has 0 spiro atoms. The first kappa shape index (κ1) is 24.9. The zero-order valence-electron chi connectivity index (χ0n) is 20.1. The zero-order valence-corrected chi connectivity index (χ0v) is 20.9. The molecule has 1 aliphatic heterocycles. The maximum absolute atomic E-state index is 12.9.